The van der Waals surface area contributed by atoms with Gasteiger partial charge in [0.25, 0.3) is 5.91 Å². The summed E-state index contributed by atoms with van der Waals surface area (Å²) < 4.78 is 12.2. The summed E-state index contributed by atoms with van der Waals surface area (Å²) in [5.41, 5.74) is 1.94. The molecule has 0 radical (unpaired) electrons. The number of carbonyl (C=O) groups excluding carboxylic acids is 2. The van der Waals surface area contributed by atoms with Gasteiger partial charge in [0.2, 0.25) is 5.91 Å². The number of ether oxygens (including phenoxy) is 2. The molecule has 8 nitrogen and oxygen atoms in total. The van der Waals surface area contributed by atoms with Crippen molar-refractivity contribution in [3.8, 4) is 22.8 Å². The topological polar surface area (TPSA) is 76.9 Å². The maximum absolute atomic E-state index is 12.9. The van der Waals surface area contributed by atoms with E-state index in [0.717, 1.165) is 5.56 Å². The Labute approximate surface area is 158 Å². The van der Waals surface area contributed by atoms with Crippen LogP contribution in [0.25, 0.3) is 11.3 Å². The van der Waals surface area contributed by atoms with Crippen LogP contribution in [0, 0.1) is 0 Å². The molecule has 144 valence electrons. The van der Waals surface area contributed by atoms with Crippen LogP contribution in [0.3, 0.4) is 0 Å². The molecule has 27 heavy (non-hydrogen) atoms. The van der Waals surface area contributed by atoms with Gasteiger partial charge in [-0.1, -0.05) is 0 Å². The molecular weight excluding hydrogens is 348 g/mol. The van der Waals surface area contributed by atoms with Crippen LogP contribution in [0.1, 0.15) is 17.4 Å². The molecular formula is C19H24N4O4. The Morgan fingerprint density at radius 3 is 2.26 bits per heavy atom. The van der Waals surface area contributed by atoms with E-state index in [1.165, 1.54) is 0 Å². The summed E-state index contributed by atoms with van der Waals surface area (Å²) in [6.07, 6.45) is 0. The zero-order valence-corrected chi connectivity index (χ0v) is 16.1. The van der Waals surface area contributed by atoms with Gasteiger partial charge in [0.05, 0.1) is 19.9 Å². The second-order valence-corrected chi connectivity index (χ2v) is 6.40. The molecule has 1 aliphatic rings. The minimum Gasteiger partial charge on any atom is -0.497 e. The van der Waals surface area contributed by atoms with E-state index in [2.05, 4.69) is 5.10 Å². The van der Waals surface area contributed by atoms with Crippen LogP contribution in [-0.2, 0) is 11.8 Å². The number of rotatable bonds is 4. The number of benzene rings is 1. The van der Waals surface area contributed by atoms with Crippen LogP contribution in [0.5, 0.6) is 11.5 Å². The van der Waals surface area contributed by atoms with Crippen LogP contribution in [0.4, 0.5) is 0 Å². The normalized spacial score (nSPS) is 14.2. The maximum Gasteiger partial charge on any atom is 0.272 e. The summed E-state index contributed by atoms with van der Waals surface area (Å²) >= 11 is 0. The average Bonchev–Trinajstić information content (AvgIpc) is 3.08. The summed E-state index contributed by atoms with van der Waals surface area (Å²) in [7, 11) is 4.93. The van der Waals surface area contributed by atoms with Crippen molar-refractivity contribution in [1.82, 2.24) is 19.6 Å². The highest BCUT2D eigenvalue weighted by Crippen LogP contribution is 2.33. The Bertz CT molecular complexity index is 853. The van der Waals surface area contributed by atoms with Crippen LogP contribution in [0.15, 0.2) is 24.3 Å². The van der Waals surface area contributed by atoms with Gasteiger partial charge in [-0.25, -0.2) is 0 Å². The SMILES string of the molecule is COc1ccc(-c2cc(C(=O)N3CCN(C(C)=O)CC3)n(C)n2)c(OC)c1. The second-order valence-electron chi connectivity index (χ2n) is 6.40. The van der Waals surface area contributed by atoms with Crippen LogP contribution in [-0.4, -0.2) is 71.8 Å². The first-order valence-corrected chi connectivity index (χ1v) is 8.75. The number of nitrogens with zero attached hydrogens (tertiary/aromatic N) is 4. The highest BCUT2D eigenvalue weighted by molar-refractivity contribution is 5.94. The van der Waals surface area contributed by atoms with E-state index in [-0.39, 0.29) is 11.8 Å². The minimum atomic E-state index is -0.0908. The van der Waals surface area contributed by atoms with E-state index in [9.17, 15) is 9.59 Å². The summed E-state index contributed by atoms with van der Waals surface area (Å²) in [5.74, 6) is 1.26. The van der Waals surface area contributed by atoms with Gasteiger partial charge in [-0.15, -0.1) is 0 Å². The van der Waals surface area contributed by atoms with E-state index in [4.69, 9.17) is 9.47 Å². The fraction of sp³-hybridized carbons (Fsp3) is 0.421. The second kappa shape index (κ2) is 7.69. The Morgan fingerprint density at radius 2 is 1.67 bits per heavy atom. The van der Waals surface area contributed by atoms with Gasteiger partial charge in [0.15, 0.2) is 0 Å². The molecule has 0 unspecified atom stereocenters. The maximum atomic E-state index is 12.9. The van der Waals surface area contributed by atoms with E-state index in [0.29, 0.717) is 49.1 Å². The first-order valence-electron chi connectivity index (χ1n) is 8.75. The van der Waals surface area contributed by atoms with Crippen molar-refractivity contribution in [3.63, 3.8) is 0 Å². The highest BCUT2D eigenvalue weighted by Gasteiger charge is 2.26. The molecule has 0 spiro atoms. The molecule has 0 saturated carbocycles. The third-order valence-corrected chi connectivity index (χ3v) is 4.80. The van der Waals surface area contributed by atoms with Gasteiger partial charge < -0.3 is 19.3 Å². The lowest BCUT2D eigenvalue weighted by atomic mass is 10.1. The van der Waals surface area contributed by atoms with Crippen molar-refractivity contribution in [2.45, 2.75) is 6.92 Å². The average molecular weight is 372 g/mol. The Morgan fingerprint density at radius 1 is 1.00 bits per heavy atom. The van der Waals surface area contributed by atoms with E-state index >= 15 is 0 Å². The van der Waals surface area contributed by atoms with Crippen molar-refractivity contribution in [2.24, 2.45) is 7.05 Å². The standard InChI is InChI=1S/C19H24N4O4/c1-13(24)22-7-9-23(10-8-22)19(25)17-12-16(20-21(17)2)15-6-5-14(26-3)11-18(15)27-4/h5-6,11-12H,7-10H2,1-4H3. The van der Waals surface area contributed by atoms with E-state index in [1.807, 2.05) is 12.1 Å². The molecule has 0 bridgehead atoms. The highest BCUT2D eigenvalue weighted by atomic mass is 16.5. The molecule has 0 aliphatic carbocycles. The van der Waals surface area contributed by atoms with Gasteiger partial charge in [-0.3, -0.25) is 14.3 Å². The Hall–Kier alpha value is -3.03. The zero-order chi connectivity index (χ0) is 19.6. The van der Waals surface area contributed by atoms with Gasteiger partial charge >= 0.3 is 0 Å². The predicted molar refractivity (Wildman–Crippen MR) is 99.9 cm³/mol. The molecule has 3 rings (SSSR count). The summed E-state index contributed by atoms with van der Waals surface area (Å²) in [4.78, 5) is 27.9. The zero-order valence-electron chi connectivity index (χ0n) is 16.1. The van der Waals surface area contributed by atoms with Crippen LogP contribution < -0.4 is 9.47 Å². The van der Waals surface area contributed by atoms with Crippen molar-refractivity contribution in [1.29, 1.82) is 0 Å². The fourth-order valence-electron chi connectivity index (χ4n) is 3.20. The van der Waals surface area contributed by atoms with E-state index in [1.54, 1.807) is 54.8 Å². The Balaban J connectivity index is 1.83. The molecule has 1 saturated heterocycles. The third kappa shape index (κ3) is 3.74. The first-order chi connectivity index (χ1) is 12.9. The number of aryl methyl sites for hydroxylation is 1. The summed E-state index contributed by atoms with van der Waals surface area (Å²) in [6.45, 7) is 3.69. The number of hydrogen-bond donors (Lipinski definition) is 0. The summed E-state index contributed by atoms with van der Waals surface area (Å²) in [5, 5.41) is 4.49. The smallest absolute Gasteiger partial charge is 0.272 e. The lowest BCUT2D eigenvalue weighted by Gasteiger charge is -2.34. The number of hydrogen-bond acceptors (Lipinski definition) is 5. The lowest BCUT2D eigenvalue weighted by Crippen LogP contribution is -2.50. The molecule has 1 aromatic heterocycles. The number of amides is 2. The molecule has 1 aromatic carbocycles. The minimum absolute atomic E-state index is 0.0384. The first kappa shape index (κ1) is 18.8. The van der Waals surface area contributed by atoms with Crippen molar-refractivity contribution in [2.75, 3.05) is 40.4 Å². The monoisotopic (exact) mass is 372 g/mol. The molecule has 0 N–H and O–H groups in total. The quantitative estimate of drug-likeness (QED) is 0.811. The number of methoxy groups -OCH3 is 2. The summed E-state index contributed by atoms with van der Waals surface area (Å²) in [6, 6.07) is 7.24. The van der Waals surface area contributed by atoms with Crippen molar-refractivity contribution >= 4 is 11.8 Å². The van der Waals surface area contributed by atoms with Crippen LogP contribution in [0.2, 0.25) is 0 Å². The third-order valence-electron chi connectivity index (χ3n) is 4.80. The fourth-order valence-corrected chi connectivity index (χ4v) is 3.20. The molecule has 8 heteroatoms. The number of carbonyl (C=O) groups is 2. The van der Waals surface area contributed by atoms with Gasteiger partial charge in [-0.2, -0.15) is 5.10 Å². The largest absolute Gasteiger partial charge is 0.497 e. The van der Waals surface area contributed by atoms with Crippen molar-refractivity contribution < 1.29 is 19.1 Å². The van der Waals surface area contributed by atoms with Gasteiger partial charge in [0, 0.05) is 51.8 Å². The Kier molecular flexibility index (Phi) is 5.34. The molecule has 2 amide bonds. The number of aromatic nitrogens is 2. The molecule has 2 heterocycles. The number of piperazine rings is 1. The van der Waals surface area contributed by atoms with Crippen LogP contribution >= 0.6 is 0 Å². The lowest BCUT2D eigenvalue weighted by molar-refractivity contribution is -0.130. The molecule has 0 atom stereocenters. The van der Waals surface area contributed by atoms with Gasteiger partial charge in [0.1, 0.15) is 17.2 Å². The van der Waals surface area contributed by atoms with Gasteiger partial charge in [-0.05, 0) is 18.2 Å². The predicted octanol–water partition coefficient (Wildman–Crippen LogP) is 1.41. The molecule has 1 fully saturated rings. The molecule has 1 aliphatic heterocycles. The molecule has 2 aromatic rings. The van der Waals surface area contributed by atoms with E-state index < -0.39 is 0 Å². The van der Waals surface area contributed by atoms with Crippen molar-refractivity contribution in [3.05, 3.63) is 30.0 Å².